The molecule has 2 N–H and O–H groups in total. The van der Waals surface area contributed by atoms with Gasteiger partial charge >= 0.3 is 6.61 Å². The number of hydrogen-bond acceptors (Lipinski definition) is 3. The number of halogens is 2. The first-order valence-corrected chi connectivity index (χ1v) is 6.21. The van der Waals surface area contributed by atoms with Gasteiger partial charge in [-0.3, -0.25) is 4.79 Å². The molecule has 0 bridgehead atoms. The number of ether oxygens (including phenoxy) is 1. The van der Waals surface area contributed by atoms with E-state index >= 15 is 0 Å². The summed E-state index contributed by atoms with van der Waals surface area (Å²) in [6, 6.07) is 6.20. The van der Waals surface area contributed by atoms with Gasteiger partial charge in [0.1, 0.15) is 5.75 Å². The van der Waals surface area contributed by atoms with E-state index in [0.717, 1.165) is 19.4 Å². The van der Waals surface area contributed by atoms with Crippen molar-refractivity contribution in [3.8, 4) is 5.75 Å². The van der Waals surface area contributed by atoms with Crippen molar-refractivity contribution >= 4 is 11.6 Å². The topological polar surface area (TPSA) is 50.4 Å². The van der Waals surface area contributed by atoms with E-state index in [9.17, 15) is 13.6 Å². The van der Waals surface area contributed by atoms with Gasteiger partial charge in [0.2, 0.25) is 5.91 Å². The Hall–Kier alpha value is -1.69. The molecule has 0 aromatic heterocycles. The number of benzene rings is 1. The Kier molecular flexibility index (Phi) is 4.68. The zero-order valence-corrected chi connectivity index (χ0v) is 10.4. The molecule has 1 saturated heterocycles. The minimum atomic E-state index is -2.87. The summed E-state index contributed by atoms with van der Waals surface area (Å²) in [6.45, 7) is -1.93. The highest BCUT2D eigenvalue weighted by molar-refractivity contribution is 5.91. The molecule has 6 heteroatoms. The van der Waals surface area contributed by atoms with Crippen molar-refractivity contribution in [2.24, 2.45) is 0 Å². The summed E-state index contributed by atoms with van der Waals surface area (Å²) in [7, 11) is 0. The zero-order chi connectivity index (χ0) is 13.7. The van der Waals surface area contributed by atoms with Gasteiger partial charge in [0, 0.05) is 24.2 Å². The smallest absolute Gasteiger partial charge is 0.387 e. The van der Waals surface area contributed by atoms with E-state index in [1.807, 2.05) is 0 Å². The molecule has 0 saturated carbocycles. The van der Waals surface area contributed by atoms with Gasteiger partial charge in [-0.2, -0.15) is 8.78 Å². The van der Waals surface area contributed by atoms with Crippen LogP contribution in [0.2, 0.25) is 0 Å². The van der Waals surface area contributed by atoms with E-state index in [0.29, 0.717) is 12.1 Å². The molecule has 19 heavy (non-hydrogen) atoms. The molecule has 1 unspecified atom stereocenters. The van der Waals surface area contributed by atoms with Crippen LogP contribution in [-0.2, 0) is 4.79 Å². The fraction of sp³-hybridized carbons (Fsp3) is 0.462. The van der Waals surface area contributed by atoms with Crippen molar-refractivity contribution < 1.29 is 18.3 Å². The zero-order valence-electron chi connectivity index (χ0n) is 10.4. The van der Waals surface area contributed by atoms with Crippen molar-refractivity contribution in [1.29, 1.82) is 0 Å². The molecule has 0 spiro atoms. The molecule has 1 aliphatic heterocycles. The Morgan fingerprint density at radius 1 is 1.53 bits per heavy atom. The number of carbonyl (C=O) groups is 1. The third-order valence-corrected chi connectivity index (χ3v) is 2.94. The fourth-order valence-corrected chi connectivity index (χ4v) is 2.12. The van der Waals surface area contributed by atoms with Gasteiger partial charge in [-0.1, -0.05) is 6.07 Å². The molecule has 1 aromatic rings. The molecule has 1 heterocycles. The second-order valence-corrected chi connectivity index (χ2v) is 4.45. The predicted octanol–water partition coefficient (Wildman–Crippen LogP) is 2.37. The van der Waals surface area contributed by atoms with Gasteiger partial charge in [0.15, 0.2) is 0 Å². The van der Waals surface area contributed by atoms with Gasteiger partial charge in [-0.05, 0) is 31.5 Å². The first-order chi connectivity index (χ1) is 9.13. The van der Waals surface area contributed by atoms with Crippen LogP contribution in [0.15, 0.2) is 24.3 Å². The third kappa shape index (κ3) is 4.48. The average molecular weight is 270 g/mol. The Bertz CT molecular complexity index is 434. The maximum absolute atomic E-state index is 12.1. The third-order valence-electron chi connectivity index (χ3n) is 2.94. The minimum Gasteiger partial charge on any atom is -0.435 e. The van der Waals surface area contributed by atoms with Gasteiger partial charge in [0.25, 0.3) is 0 Å². The van der Waals surface area contributed by atoms with Crippen molar-refractivity contribution in [1.82, 2.24) is 5.32 Å². The molecule has 104 valence electrons. The molecule has 0 radical (unpaired) electrons. The number of anilines is 1. The SMILES string of the molecule is O=C(CC1CCCN1)Nc1cccc(OC(F)F)c1. The van der Waals surface area contributed by atoms with Crippen molar-refractivity contribution in [2.75, 3.05) is 11.9 Å². The highest BCUT2D eigenvalue weighted by Gasteiger charge is 2.17. The van der Waals surface area contributed by atoms with Gasteiger partial charge in [-0.15, -0.1) is 0 Å². The Morgan fingerprint density at radius 2 is 2.37 bits per heavy atom. The largest absolute Gasteiger partial charge is 0.435 e. The van der Waals surface area contributed by atoms with Crippen LogP contribution >= 0.6 is 0 Å². The van der Waals surface area contributed by atoms with Crippen LogP contribution in [0.25, 0.3) is 0 Å². The van der Waals surface area contributed by atoms with Gasteiger partial charge < -0.3 is 15.4 Å². The lowest BCUT2D eigenvalue weighted by molar-refractivity contribution is -0.116. The Morgan fingerprint density at radius 3 is 3.05 bits per heavy atom. The van der Waals surface area contributed by atoms with E-state index in [4.69, 9.17) is 0 Å². The van der Waals surface area contributed by atoms with Crippen molar-refractivity contribution in [3.05, 3.63) is 24.3 Å². The first kappa shape index (κ1) is 13.7. The lowest BCUT2D eigenvalue weighted by atomic mass is 10.1. The number of alkyl halides is 2. The first-order valence-electron chi connectivity index (χ1n) is 6.21. The normalized spacial score (nSPS) is 18.6. The van der Waals surface area contributed by atoms with Crippen LogP contribution in [-0.4, -0.2) is 25.1 Å². The van der Waals surface area contributed by atoms with E-state index in [1.165, 1.54) is 12.1 Å². The number of amides is 1. The second kappa shape index (κ2) is 6.47. The second-order valence-electron chi connectivity index (χ2n) is 4.45. The van der Waals surface area contributed by atoms with Gasteiger partial charge in [-0.25, -0.2) is 0 Å². The van der Waals surface area contributed by atoms with Crippen LogP contribution in [0, 0.1) is 0 Å². The summed E-state index contributed by atoms with van der Waals surface area (Å²) in [5, 5.41) is 5.90. The molecule has 1 fully saturated rings. The van der Waals surface area contributed by atoms with Crippen LogP contribution in [0.4, 0.5) is 14.5 Å². The highest BCUT2D eigenvalue weighted by Crippen LogP contribution is 2.20. The average Bonchev–Trinajstić information content (AvgIpc) is 2.81. The summed E-state index contributed by atoms with van der Waals surface area (Å²) >= 11 is 0. The maximum atomic E-state index is 12.1. The number of rotatable bonds is 5. The van der Waals surface area contributed by atoms with E-state index in [-0.39, 0.29) is 17.7 Å². The van der Waals surface area contributed by atoms with E-state index in [2.05, 4.69) is 15.4 Å². The number of carbonyl (C=O) groups excluding carboxylic acids is 1. The minimum absolute atomic E-state index is 0.0341. The monoisotopic (exact) mass is 270 g/mol. The Balaban J connectivity index is 1.88. The number of nitrogens with one attached hydrogen (secondary N) is 2. The Labute approximate surface area is 110 Å². The van der Waals surface area contributed by atoms with E-state index in [1.54, 1.807) is 12.1 Å². The van der Waals surface area contributed by atoms with Crippen LogP contribution in [0.3, 0.4) is 0 Å². The van der Waals surface area contributed by atoms with Crippen LogP contribution in [0.1, 0.15) is 19.3 Å². The van der Waals surface area contributed by atoms with E-state index < -0.39 is 6.61 Å². The van der Waals surface area contributed by atoms with Gasteiger partial charge in [0.05, 0.1) is 0 Å². The predicted molar refractivity (Wildman–Crippen MR) is 67.3 cm³/mol. The fourth-order valence-electron chi connectivity index (χ4n) is 2.12. The lowest BCUT2D eigenvalue weighted by Crippen LogP contribution is -2.27. The van der Waals surface area contributed by atoms with Crippen LogP contribution in [0.5, 0.6) is 5.75 Å². The molecule has 1 aliphatic rings. The molecule has 1 aromatic carbocycles. The summed E-state index contributed by atoms with van der Waals surface area (Å²) in [4.78, 5) is 11.8. The summed E-state index contributed by atoms with van der Waals surface area (Å²) < 4.78 is 28.4. The van der Waals surface area contributed by atoms with Crippen molar-refractivity contribution in [2.45, 2.75) is 31.9 Å². The summed E-state index contributed by atoms with van der Waals surface area (Å²) in [5.41, 5.74) is 0.459. The molecular formula is C13H16F2N2O2. The molecule has 1 amide bonds. The van der Waals surface area contributed by atoms with Crippen LogP contribution < -0.4 is 15.4 Å². The summed E-state index contributed by atoms with van der Waals surface area (Å²) in [5.74, 6) is -0.0969. The molecule has 1 atom stereocenters. The lowest BCUT2D eigenvalue weighted by Gasteiger charge is -2.11. The number of hydrogen-bond donors (Lipinski definition) is 2. The summed E-state index contributed by atoms with van der Waals surface area (Å²) in [6.07, 6.45) is 2.46. The van der Waals surface area contributed by atoms with Crippen molar-refractivity contribution in [3.63, 3.8) is 0 Å². The molecular weight excluding hydrogens is 254 g/mol. The quantitative estimate of drug-likeness (QED) is 0.863. The standard InChI is InChI=1S/C13H16F2N2O2/c14-13(15)19-11-5-1-3-10(7-11)17-12(18)8-9-4-2-6-16-9/h1,3,5,7,9,13,16H,2,4,6,8H2,(H,17,18). The molecule has 4 nitrogen and oxygen atoms in total. The maximum Gasteiger partial charge on any atom is 0.387 e. The highest BCUT2D eigenvalue weighted by atomic mass is 19.3. The molecule has 2 rings (SSSR count). The molecule has 0 aliphatic carbocycles.